The van der Waals surface area contributed by atoms with Gasteiger partial charge in [-0.3, -0.25) is 4.79 Å². The van der Waals surface area contributed by atoms with Crippen molar-refractivity contribution in [1.29, 1.82) is 0 Å². The normalized spacial score (nSPS) is 17.8. The number of carbonyl (C=O) groups is 2. The number of amides is 3. The van der Waals surface area contributed by atoms with Crippen molar-refractivity contribution >= 4 is 17.6 Å². The molecule has 6 nitrogen and oxygen atoms in total. The zero-order chi connectivity index (χ0) is 16.8. The molecule has 0 atom stereocenters. The number of anilines is 1. The summed E-state index contributed by atoms with van der Waals surface area (Å²) in [5, 5.41) is 2.90. The SMILES string of the molecule is O=C(CCc1ccc(NC(=O)N2CCOCC2)cc1)N1CCCC1. The van der Waals surface area contributed by atoms with Gasteiger partial charge in [0.25, 0.3) is 0 Å². The highest BCUT2D eigenvalue weighted by molar-refractivity contribution is 5.89. The van der Waals surface area contributed by atoms with Crippen molar-refractivity contribution < 1.29 is 14.3 Å². The van der Waals surface area contributed by atoms with E-state index in [1.54, 1.807) is 4.90 Å². The van der Waals surface area contributed by atoms with Crippen molar-refractivity contribution in [2.45, 2.75) is 25.7 Å². The van der Waals surface area contributed by atoms with Gasteiger partial charge in [0.2, 0.25) is 5.91 Å². The van der Waals surface area contributed by atoms with Crippen LogP contribution in [0.2, 0.25) is 0 Å². The molecular weight excluding hydrogens is 306 g/mol. The standard InChI is InChI=1S/C18H25N3O3/c22-17(20-9-1-2-10-20)8-5-15-3-6-16(7-4-15)19-18(23)21-11-13-24-14-12-21/h3-4,6-7H,1-2,5,8-14H2,(H,19,23). The molecule has 1 aromatic rings. The molecule has 1 N–H and O–H groups in total. The predicted octanol–water partition coefficient (Wildman–Crippen LogP) is 2.11. The van der Waals surface area contributed by atoms with Gasteiger partial charge in [0.05, 0.1) is 13.2 Å². The number of carbonyl (C=O) groups excluding carboxylic acids is 2. The third kappa shape index (κ3) is 4.47. The van der Waals surface area contributed by atoms with Gasteiger partial charge >= 0.3 is 6.03 Å². The molecule has 0 unspecified atom stereocenters. The van der Waals surface area contributed by atoms with E-state index in [-0.39, 0.29) is 11.9 Å². The van der Waals surface area contributed by atoms with Crippen LogP contribution >= 0.6 is 0 Å². The number of hydrogen-bond donors (Lipinski definition) is 1. The van der Waals surface area contributed by atoms with Crippen LogP contribution in [0.25, 0.3) is 0 Å². The number of nitrogens with zero attached hydrogens (tertiary/aromatic N) is 2. The topological polar surface area (TPSA) is 61.9 Å². The van der Waals surface area contributed by atoms with Gasteiger partial charge in [-0.1, -0.05) is 12.1 Å². The Morgan fingerprint density at radius 2 is 1.62 bits per heavy atom. The first-order valence-electron chi connectivity index (χ1n) is 8.73. The van der Waals surface area contributed by atoms with Crippen molar-refractivity contribution in [2.75, 3.05) is 44.7 Å². The van der Waals surface area contributed by atoms with Crippen LogP contribution in [0, 0.1) is 0 Å². The lowest BCUT2D eigenvalue weighted by molar-refractivity contribution is -0.130. The van der Waals surface area contributed by atoms with Gasteiger partial charge in [-0.25, -0.2) is 4.79 Å². The Morgan fingerprint density at radius 3 is 2.29 bits per heavy atom. The van der Waals surface area contributed by atoms with Crippen LogP contribution in [0.15, 0.2) is 24.3 Å². The van der Waals surface area contributed by atoms with Crippen LogP contribution in [-0.4, -0.2) is 61.1 Å². The molecule has 0 aliphatic carbocycles. The summed E-state index contributed by atoms with van der Waals surface area (Å²) < 4.78 is 5.25. The number of benzene rings is 1. The van der Waals surface area contributed by atoms with E-state index in [0.29, 0.717) is 32.7 Å². The lowest BCUT2D eigenvalue weighted by atomic mass is 10.1. The Kier molecular flexibility index (Phi) is 5.69. The first-order chi connectivity index (χ1) is 11.7. The Bertz CT molecular complexity index is 561. The lowest BCUT2D eigenvalue weighted by Crippen LogP contribution is -2.43. The summed E-state index contributed by atoms with van der Waals surface area (Å²) in [6.45, 7) is 4.26. The molecule has 2 saturated heterocycles. The number of hydrogen-bond acceptors (Lipinski definition) is 3. The number of ether oxygens (including phenoxy) is 1. The summed E-state index contributed by atoms with van der Waals surface area (Å²) in [7, 11) is 0. The van der Waals surface area contributed by atoms with E-state index >= 15 is 0 Å². The second-order valence-corrected chi connectivity index (χ2v) is 6.31. The lowest BCUT2D eigenvalue weighted by Gasteiger charge is -2.26. The van der Waals surface area contributed by atoms with Gasteiger partial charge in [0, 0.05) is 38.3 Å². The fourth-order valence-corrected chi connectivity index (χ4v) is 3.10. The summed E-state index contributed by atoms with van der Waals surface area (Å²) in [6, 6.07) is 7.66. The van der Waals surface area contributed by atoms with Crippen molar-refractivity contribution in [3.63, 3.8) is 0 Å². The average molecular weight is 331 g/mol. The number of nitrogens with one attached hydrogen (secondary N) is 1. The highest BCUT2D eigenvalue weighted by Crippen LogP contribution is 2.14. The van der Waals surface area contributed by atoms with Crippen LogP contribution < -0.4 is 5.32 Å². The quantitative estimate of drug-likeness (QED) is 0.919. The maximum atomic E-state index is 12.1. The van der Waals surface area contributed by atoms with Crippen LogP contribution in [0.3, 0.4) is 0 Å². The minimum absolute atomic E-state index is 0.0877. The van der Waals surface area contributed by atoms with E-state index in [2.05, 4.69) is 5.32 Å². The smallest absolute Gasteiger partial charge is 0.321 e. The monoisotopic (exact) mass is 331 g/mol. The summed E-state index contributed by atoms with van der Waals surface area (Å²) in [5.74, 6) is 0.247. The van der Waals surface area contributed by atoms with Crippen molar-refractivity contribution in [2.24, 2.45) is 0 Å². The summed E-state index contributed by atoms with van der Waals surface area (Å²) >= 11 is 0. The van der Waals surface area contributed by atoms with Gasteiger partial charge in [0.1, 0.15) is 0 Å². The molecule has 2 fully saturated rings. The second kappa shape index (κ2) is 8.15. The van der Waals surface area contributed by atoms with Crippen molar-refractivity contribution in [3.8, 4) is 0 Å². The van der Waals surface area contributed by atoms with Gasteiger partial charge < -0.3 is 19.9 Å². The summed E-state index contributed by atoms with van der Waals surface area (Å²) in [5.41, 5.74) is 1.90. The van der Waals surface area contributed by atoms with Crippen LogP contribution in [0.1, 0.15) is 24.8 Å². The molecule has 6 heteroatoms. The Balaban J connectivity index is 1.46. The molecule has 2 heterocycles. The molecule has 0 aromatic heterocycles. The van der Waals surface area contributed by atoms with E-state index in [4.69, 9.17) is 4.74 Å². The second-order valence-electron chi connectivity index (χ2n) is 6.31. The molecule has 2 aliphatic heterocycles. The fraction of sp³-hybridized carbons (Fsp3) is 0.556. The van der Waals surface area contributed by atoms with Crippen LogP contribution in [0.4, 0.5) is 10.5 Å². The molecule has 0 bridgehead atoms. The Labute approximate surface area is 142 Å². The van der Waals surface area contributed by atoms with Gasteiger partial charge in [-0.05, 0) is 37.0 Å². The van der Waals surface area contributed by atoms with Crippen LogP contribution in [0.5, 0.6) is 0 Å². The minimum Gasteiger partial charge on any atom is -0.378 e. The maximum Gasteiger partial charge on any atom is 0.321 e. The molecule has 24 heavy (non-hydrogen) atoms. The zero-order valence-corrected chi connectivity index (χ0v) is 14.0. The molecule has 2 aliphatic rings. The Hall–Kier alpha value is -2.08. The Morgan fingerprint density at radius 1 is 0.958 bits per heavy atom. The summed E-state index contributed by atoms with van der Waals surface area (Å²) in [4.78, 5) is 27.9. The molecular formula is C18H25N3O3. The number of urea groups is 1. The maximum absolute atomic E-state index is 12.1. The zero-order valence-electron chi connectivity index (χ0n) is 14.0. The molecule has 1 aromatic carbocycles. The average Bonchev–Trinajstić information content (AvgIpc) is 3.16. The molecule has 3 amide bonds. The number of morpholine rings is 1. The highest BCUT2D eigenvalue weighted by Gasteiger charge is 2.18. The molecule has 0 saturated carbocycles. The van der Waals surface area contributed by atoms with Gasteiger partial charge in [0.15, 0.2) is 0 Å². The van der Waals surface area contributed by atoms with Gasteiger partial charge in [-0.2, -0.15) is 0 Å². The van der Waals surface area contributed by atoms with Crippen molar-refractivity contribution in [3.05, 3.63) is 29.8 Å². The highest BCUT2D eigenvalue weighted by atomic mass is 16.5. The molecule has 130 valence electrons. The molecule has 0 radical (unpaired) electrons. The minimum atomic E-state index is -0.0877. The van der Waals surface area contributed by atoms with E-state index in [9.17, 15) is 9.59 Å². The van der Waals surface area contributed by atoms with Gasteiger partial charge in [-0.15, -0.1) is 0 Å². The van der Waals surface area contributed by atoms with E-state index in [1.807, 2.05) is 29.2 Å². The van der Waals surface area contributed by atoms with Crippen LogP contribution in [-0.2, 0) is 16.0 Å². The number of aryl methyl sites for hydroxylation is 1. The third-order valence-corrected chi connectivity index (χ3v) is 4.59. The predicted molar refractivity (Wildman–Crippen MR) is 92.0 cm³/mol. The fourth-order valence-electron chi connectivity index (χ4n) is 3.10. The van der Waals surface area contributed by atoms with E-state index in [1.165, 1.54) is 0 Å². The number of rotatable bonds is 4. The molecule has 0 spiro atoms. The number of likely N-dealkylation sites (tertiary alicyclic amines) is 1. The first kappa shape index (κ1) is 16.8. The summed E-state index contributed by atoms with van der Waals surface area (Å²) in [6.07, 6.45) is 3.55. The molecule has 3 rings (SSSR count). The third-order valence-electron chi connectivity index (χ3n) is 4.59. The van der Waals surface area contributed by atoms with E-state index < -0.39 is 0 Å². The van der Waals surface area contributed by atoms with E-state index in [0.717, 1.165) is 43.6 Å². The first-order valence-corrected chi connectivity index (χ1v) is 8.73. The van der Waals surface area contributed by atoms with Crippen molar-refractivity contribution in [1.82, 2.24) is 9.80 Å². The largest absolute Gasteiger partial charge is 0.378 e.